The van der Waals surface area contributed by atoms with Crippen LogP contribution in [0.15, 0.2) is 59.5 Å². The zero-order valence-electron chi connectivity index (χ0n) is 15.2. The molecular formula is C20H22N2O4S. The maximum absolute atomic E-state index is 13.4. The Bertz CT molecular complexity index is 975. The average molecular weight is 386 g/mol. The van der Waals surface area contributed by atoms with Crippen molar-refractivity contribution in [3.05, 3.63) is 65.7 Å². The fourth-order valence-electron chi connectivity index (χ4n) is 4.41. The summed E-state index contributed by atoms with van der Waals surface area (Å²) in [5, 5.41) is 9.59. The van der Waals surface area contributed by atoms with Crippen LogP contribution < -0.4 is 0 Å². The van der Waals surface area contributed by atoms with Crippen LogP contribution in [0.4, 0.5) is 4.79 Å². The fraction of sp³-hybridized carbons (Fsp3) is 0.350. The molecule has 2 fully saturated rings. The number of sulfonamides is 1. The number of carboxylic acid groups (broad SMARTS) is 1. The smallest absolute Gasteiger partial charge is 0.407 e. The van der Waals surface area contributed by atoms with Crippen LogP contribution in [0.25, 0.3) is 0 Å². The van der Waals surface area contributed by atoms with Crippen LogP contribution in [0.3, 0.4) is 0 Å². The van der Waals surface area contributed by atoms with Crippen LogP contribution in [-0.4, -0.2) is 48.0 Å². The molecule has 1 saturated carbocycles. The molecule has 2 aromatic rings. The molecule has 0 spiro atoms. The molecule has 1 heterocycles. The number of nitrogens with zero attached hydrogens (tertiary/aromatic N) is 2. The van der Waals surface area contributed by atoms with Gasteiger partial charge in [0.25, 0.3) is 0 Å². The van der Waals surface area contributed by atoms with Gasteiger partial charge in [-0.2, -0.15) is 4.31 Å². The van der Waals surface area contributed by atoms with Gasteiger partial charge in [0, 0.05) is 19.5 Å². The molecule has 142 valence electrons. The second-order valence-corrected chi connectivity index (χ2v) is 9.33. The van der Waals surface area contributed by atoms with E-state index >= 15 is 0 Å². The van der Waals surface area contributed by atoms with E-state index in [4.69, 9.17) is 0 Å². The van der Waals surface area contributed by atoms with Crippen molar-refractivity contribution in [3.8, 4) is 0 Å². The first-order chi connectivity index (χ1) is 12.8. The van der Waals surface area contributed by atoms with Gasteiger partial charge in [0.05, 0.1) is 16.5 Å². The number of likely N-dealkylation sites (N-methyl/N-ethyl adjacent to an activating group) is 1. The van der Waals surface area contributed by atoms with Crippen LogP contribution in [0.1, 0.15) is 23.6 Å². The van der Waals surface area contributed by atoms with Crippen molar-refractivity contribution in [2.75, 3.05) is 13.6 Å². The summed E-state index contributed by atoms with van der Waals surface area (Å²) in [5.74, 6) is 0.00373. The van der Waals surface area contributed by atoms with Gasteiger partial charge in [-0.1, -0.05) is 48.0 Å². The summed E-state index contributed by atoms with van der Waals surface area (Å²) in [5.41, 5.74) is 1.10. The lowest BCUT2D eigenvalue weighted by Gasteiger charge is -2.36. The van der Waals surface area contributed by atoms with E-state index in [-0.39, 0.29) is 10.8 Å². The highest BCUT2D eigenvalue weighted by Crippen LogP contribution is 2.64. The minimum Gasteiger partial charge on any atom is -0.465 e. The van der Waals surface area contributed by atoms with E-state index in [2.05, 4.69) is 0 Å². The Morgan fingerprint density at radius 2 is 1.78 bits per heavy atom. The summed E-state index contributed by atoms with van der Waals surface area (Å²) in [6.45, 7) is 2.23. The number of hydrogen-bond donors (Lipinski definition) is 1. The minimum absolute atomic E-state index is 0.00373. The summed E-state index contributed by atoms with van der Waals surface area (Å²) in [6, 6.07) is 15.6. The quantitative estimate of drug-likeness (QED) is 0.876. The Morgan fingerprint density at radius 3 is 2.37 bits per heavy atom. The SMILES string of the molecule is Cc1ccc(S(=O)(=O)N2CC3CC3(N(C)C(=O)O)C2c2ccccc2)cc1. The summed E-state index contributed by atoms with van der Waals surface area (Å²) in [6.07, 6.45) is -0.358. The molecule has 1 aliphatic heterocycles. The van der Waals surface area contributed by atoms with Crippen LogP contribution in [0, 0.1) is 12.8 Å². The van der Waals surface area contributed by atoms with Crippen molar-refractivity contribution in [1.82, 2.24) is 9.21 Å². The number of piperidine rings is 1. The third-order valence-corrected chi connectivity index (χ3v) is 7.78. The molecule has 0 radical (unpaired) electrons. The molecule has 4 rings (SSSR count). The topological polar surface area (TPSA) is 77.9 Å². The lowest BCUT2D eigenvalue weighted by molar-refractivity contribution is 0.114. The number of hydrogen-bond acceptors (Lipinski definition) is 3. The highest BCUT2D eigenvalue weighted by atomic mass is 32.2. The third-order valence-electron chi connectivity index (χ3n) is 5.94. The van der Waals surface area contributed by atoms with Gasteiger partial charge in [0.15, 0.2) is 0 Å². The second kappa shape index (κ2) is 6.07. The number of rotatable bonds is 4. The Kier molecular flexibility index (Phi) is 4.05. The van der Waals surface area contributed by atoms with Gasteiger partial charge < -0.3 is 10.0 Å². The van der Waals surface area contributed by atoms with Crippen LogP contribution in [0.2, 0.25) is 0 Å². The van der Waals surface area contributed by atoms with Gasteiger partial charge in [0.2, 0.25) is 10.0 Å². The predicted octanol–water partition coefficient (Wildman–Crippen LogP) is 3.11. The molecule has 2 aromatic carbocycles. The summed E-state index contributed by atoms with van der Waals surface area (Å²) < 4.78 is 28.3. The van der Waals surface area contributed by atoms with Crippen molar-refractivity contribution in [3.63, 3.8) is 0 Å². The van der Waals surface area contributed by atoms with E-state index in [0.717, 1.165) is 11.1 Å². The molecule has 3 atom stereocenters. The fourth-order valence-corrected chi connectivity index (χ4v) is 6.12. The maximum Gasteiger partial charge on any atom is 0.407 e. The van der Waals surface area contributed by atoms with Gasteiger partial charge >= 0.3 is 6.09 Å². The molecule has 1 aliphatic carbocycles. The number of benzene rings is 2. The molecule has 3 unspecified atom stereocenters. The van der Waals surface area contributed by atoms with Crippen LogP contribution in [0.5, 0.6) is 0 Å². The first-order valence-corrected chi connectivity index (χ1v) is 10.3. The minimum atomic E-state index is -3.74. The Balaban J connectivity index is 1.81. The average Bonchev–Trinajstić information content (AvgIpc) is 3.27. The first kappa shape index (κ1) is 18.0. The lowest BCUT2D eigenvalue weighted by atomic mass is 9.97. The molecule has 1 amide bonds. The zero-order chi connectivity index (χ0) is 19.4. The van der Waals surface area contributed by atoms with E-state index in [9.17, 15) is 18.3 Å². The molecule has 0 aromatic heterocycles. The molecule has 0 bridgehead atoms. The Hall–Kier alpha value is -2.38. The highest BCUT2D eigenvalue weighted by Gasteiger charge is 2.71. The number of aryl methyl sites for hydroxylation is 1. The van der Waals surface area contributed by atoms with Crippen LogP contribution in [-0.2, 0) is 10.0 Å². The maximum atomic E-state index is 13.4. The molecule has 1 N–H and O–H groups in total. The van der Waals surface area contributed by atoms with E-state index < -0.39 is 27.7 Å². The Morgan fingerprint density at radius 1 is 1.15 bits per heavy atom. The van der Waals surface area contributed by atoms with Crippen molar-refractivity contribution in [1.29, 1.82) is 0 Å². The summed E-state index contributed by atoms with van der Waals surface area (Å²) >= 11 is 0. The third kappa shape index (κ3) is 2.64. The lowest BCUT2D eigenvalue weighted by Crippen LogP contribution is -2.46. The second-order valence-electron chi connectivity index (χ2n) is 7.43. The van der Waals surface area contributed by atoms with Crippen molar-refractivity contribution < 1.29 is 18.3 Å². The molecule has 2 aliphatic rings. The molecular weight excluding hydrogens is 364 g/mol. The summed E-state index contributed by atoms with van der Waals surface area (Å²) in [7, 11) is -2.20. The van der Waals surface area contributed by atoms with E-state index in [0.29, 0.717) is 13.0 Å². The largest absolute Gasteiger partial charge is 0.465 e. The first-order valence-electron chi connectivity index (χ1n) is 8.88. The molecule has 6 nitrogen and oxygen atoms in total. The highest BCUT2D eigenvalue weighted by molar-refractivity contribution is 7.89. The number of fused-ring (bicyclic) bond motifs is 1. The van der Waals surface area contributed by atoms with Gasteiger partial charge in [-0.15, -0.1) is 0 Å². The van der Waals surface area contributed by atoms with Gasteiger partial charge in [-0.3, -0.25) is 0 Å². The van der Waals surface area contributed by atoms with Crippen molar-refractivity contribution in [2.24, 2.45) is 5.92 Å². The summed E-state index contributed by atoms with van der Waals surface area (Å²) in [4.78, 5) is 13.3. The van der Waals surface area contributed by atoms with E-state index in [1.165, 1.54) is 9.21 Å². The normalized spacial score (nSPS) is 27.2. The van der Waals surface area contributed by atoms with Gasteiger partial charge in [0.1, 0.15) is 0 Å². The van der Waals surface area contributed by atoms with Crippen molar-refractivity contribution in [2.45, 2.75) is 29.8 Å². The number of carbonyl (C=O) groups is 1. The van der Waals surface area contributed by atoms with Gasteiger partial charge in [-0.05, 0) is 31.0 Å². The standard InChI is InChI=1S/C20H22N2O4S/c1-14-8-10-17(11-9-14)27(25,26)22-13-16-12-20(16,21(2)19(23)24)18(22)15-6-4-3-5-7-15/h3-11,16,18H,12-13H2,1-2H3,(H,23,24). The molecule has 7 heteroatoms. The monoisotopic (exact) mass is 386 g/mol. The van der Waals surface area contributed by atoms with Crippen LogP contribution >= 0.6 is 0 Å². The zero-order valence-corrected chi connectivity index (χ0v) is 16.1. The van der Waals surface area contributed by atoms with Crippen molar-refractivity contribution >= 4 is 16.1 Å². The Labute approximate surface area is 159 Å². The number of amides is 1. The predicted molar refractivity (Wildman–Crippen MR) is 101 cm³/mol. The van der Waals surface area contributed by atoms with Gasteiger partial charge in [-0.25, -0.2) is 13.2 Å². The van der Waals surface area contributed by atoms with E-state index in [1.807, 2.05) is 37.3 Å². The molecule has 1 saturated heterocycles. The van der Waals surface area contributed by atoms with E-state index in [1.54, 1.807) is 31.3 Å². The molecule has 27 heavy (non-hydrogen) atoms.